The minimum Gasteiger partial charge on any atom is -0.379 e. The van der Waals surface area contributed by atoms with E-state index >= 15 is 0 Å². The van der Waals surface area contributed by atoms with Crippen molar-refractivity contribution >= 4 is 35.4 Å². The third kappa shape index (κ3) is 4.93. The predicted octanol–water partition coefficient (Wildman–Crippen LogP) is 3.24. The second-order valence-corrected chi connectivity index (χ2v) is 5.99. The lowest BCUT2D eigenvalue weighted by molar-refractivity contribution is -0.384. The van der Waals surface area contributed by atoms with Gasteiger partial charge in [-0.25, -0.2) is 4.39 Å². The van der Waals surface area contributed by atoms with E-state index in [0.717, 1.165) is 5.56 Å². The van der Waals surface area contributed by atoms with Crippen LogP contribution in [-0.2, 0) is 17.8 Å². The van der Waals surface area contributed by atoms with Gasteiger partial charge in [0.25, 0.3) is 5.69 Å². The molecule has 0 spiro atoms. The number of carbonyl (C=O) groups is 1. The minimum absolute atomic E-state index is 0. The molecule has 0 radical (unpaired) electrons. The molecule has 27 heavy (non-hydrogen) atoms. The van der Waals surface area contributed by atoms with Crippen LogP contribution < -0.4 is 16.0 Å². The van der Waals surface area contributed by atoms with Crippen molar-refractivity contribution in [2.75, 3.05) is 23.7 Å². The first-order valence-electron chi connectivity index (χ1n) is 8.34. The number of nitrogens with zero attached hydrogens (tertiary/aromatic N) is 1. The summed E-state index contributed by atoms with van der Waals surface area (Å²) in [6, 6.07) is 9.59. The van der Waals surface area contributed by atoms with Crippen molar-refractivity contribution in [3.8, 4) is 0 Å². The molecule has 0 aromatic heterocycles. The average Bonchev–Trinajstić information content (AvgIpc) is 2.64. The molecule has 9 heteroatoms. The molecule has 3 rings (SSSR count). The second kappa shape index (κ2) is 9.29. The van der Waals surface area contributed by atoms with Gasteiger partial charge < -0.3 is 16.0 Å². The third-order valence-electron chi connectivity index (χ3n) is 4.25. The average molecular weight is 395 g/mol. The maximum atomic E-state index is 14.5. The van der Waals surface area contributed by atoms with Gasteiger partial charge in [-0.3, -0.25) is 14.9 Å². The van der Waals surface area contributed by atoms with Gasteiger partial charge in [0.15, 0.2) is 0 Å². The lowest BCUT2D eigenvalue weighted by Crippen LogP contribution is -2.25. The first-order valence-corrected chi connectivity index (χ1v) is 8.34. The Morgan fingerprint density at radius 3 is 2.78 bits per heavy atom. The molecule has 144 valence electrons. The molecule has 3 N–H and O–H groups in total. The van der Waals surface area contributed by atoms with Crippen molar-refractivity contribution in [3.63, 3.8) is 0 Å². The van der Waals surface area contributed by atoms with Gasteiger partial charge in [-0.05, 0) is 36.2 Å². The van der Waals surface area contributed by atoms with Crippen molar-refractivity contribution in [3.05, 3.63) is 63.5 Å². The van der Waals surface area contributed by atoms with Crippen molar-refractivity contribution < 1.29 is 14.1 Å². The van der Waals surface area contributed by atoms with Gasteiger partial charge >= 0.3 is 0 Å². The molecule has 1 aliphatic heterocycles. The molecule has 2 aromatic carbocycles. The zero-order chi connectivity index (χ0) is 18.5. The number of benzene rings is 2. The topological polar surface area (TPSA) is 96.3 Å². The molecular formula is C18H20ClFN4O3. The zero-order valence-electron chi connectivity index (χ0n) is 14.5. The minimum atomic E-state index is -0.486. The smallest absolute Gasteiger partial charge is 0.292 e. The summed E-state index contributed by atoms with van der Waals surface area (Å²) in [7, 11) is 0. The van der Waals surface area contributed by atoms with Gasteiger partial charge in [-0.1, -0.05) is 18.2 Å². The van der Waals surface area contributed by atoms with Crippen LogP contribution in [-0.4, -0.2) is 23.9 Å². The van der Waals surface area contributed by atoms with E-state index in [0.29, 0.717) is 30.8 Å². The Morgan fingerprint density at radius 2 is 2.00 bits per heavy atom. The molecule has 7 nitrogen and oxygen atoms in total. The van der Waals surface area contributed by atoms with Crippen molar-refractivity contribution in [2.24, 2.45) is 0 Å². The quantitative estimate of drug-likeness (QED) is 0.516. The molecule has 0 atom stereocenters. The number of fused-ring (bicyclic) bond motifs is 1. The van der Waals surface area contributed by atoms with Crippen molar-refractivity contribution in [1.82, 2.24) is 5.32 Å². The normalized spacial score (nSPS) is 12.5. The summed E-state index contributed by atoms with van der Waals surface area (Å²) in [6.07, 6.45) is 0.647. The zero-order valence-corrected chi connectivity index (χ0v) is 15.3. The number of hydrogen-bond donors (Lipinski definition) is 3. The van der Waals surface area contributed by atoms with Crippen LogP contribution in [0.1, 0.15) is 17.5 Å². The maximum Gasteiger partial charge on any atom is 0.292 e. The number of carbonyl (C=O) groups excluding carboxylic acids is 1. The summed E-state index contributed by atoms with van der Waals surface area (Å²) in [5, 5.41) is 19.6. The molecule has 1 heterocycles. The number of hydrogen-bond acceptors (Lipinski definition) is 5. The van der Waals surface area contributed by atoms with Crippen molar-refractivity contribution in [1.29, 1.82) is 0 Å². The maximum absolute atomic E-state index is 14.5. The number of anilines is 2. The Kier molecular flexibility index (Phi) is 7.09. The number of amides is 1. The summed E-state index contributed by atoms with van der Waals surface area (Å²) < 4.78 is 14.5. The SMILES string of the molecule is Cl.O=C(CCNc1ccccc1[N+](=O)[O-])Nc1ccc2c(c1F)CCNC2. The van der Waals surface area contributed by atoms with Gasteiger partial charge in [-0.2, -0.15) is 0 Å². The Labute approximate surface area is 161 Å². The molecule has 1 amide bonds. The number of rotatable bonds is 6. The fourth-order valence-corrected chi connectivity index (χ4v) is 2.94. The number of para-hydroxylation sites is 2. The Balaban J connectivity index is 0.00000261. The Morgan fingerprint density at radius 1 is 1.22 bits per heavy atom. The molecule has 0 aliphatic carbocycles. The first-order chi connectivity index (χ1) is 12.6. The van der Waals surface area contributed by atoms with Gasteiger partial charge in [0.05, 0.1) is 10.6 Å². The van der Waals surface area contributed by atoms with Crippen molar-refractivity contribution in [2.45, 2.75) is 19.4 Å². The Hall–Kier alpha value is -2.71. The van der Waals surface area contributed by atoms with E-state index in [1.165, 1.54) is 6.07 Å². The molecule has 0 saturated carbocycles. The fourth-order valence-electron chi connectivity index (χ4n) is 2.94. The molecule has 0 bridgehead atoms. The van der Waals surface area contributed by atoms with Gasteiger partial charge in [-0.15, -0.1) is 12.4 Å². The number of halogens is 2. The number of nitro benzene ring substituents is 1. The largest absolute Gasteiger partial charge is 0.379 e. The summed E-state index contributed by atoms with van der Waals surface area (Å²) in [5.41, 5.74) is 2.01. The van der Waals surface area contributed by atoms with E-state index in [4.69, 9.17) is 0 Å². The van der Waals surface area contributed by atoms with Crippen LogP contribution in [0.4, 0.5) is 21.5 Å². The monoisotopic (exact) mass is 394 g/mol. The van der Waals surface area contributed by atoms with E-state index in [2.05, 4.69) is 16.0 Å². The molecule has 0 unspecified atom stereocenters. The van der Waals surface area contributed by atoms with E-state index in [1.54, 1.807) is 24.3 Å². The highest BCUT2D eigenvalue weighted by atomic mass is 35.5. The highest BCUT2D eigenvalue weighted by Gasteiger charge is 2.17. The number of nitro groups is 1. The fraction of sp³-hybridized carbons (Fsp3) is 0.278. The molecular weight excluding hydrogens is 375 g/mol. The first kappa shape index (κ1) is 20.6. The molecule has 0 fully saturated rings. The number of nitrogens with one attached hydrogen (secondary N) is 3. The summed E-state index contributed by atoms with van der Waals surface area (Å²) in [4.78, 5) is 22.5. The lowest BCUT2D eigenvalue weighted by atomic mass is 9.99. The predicted molar refractivity (Wildman–Crippen MR) is 104 cm³/mol. The van der Waals surface area contributed by atoms with E-state index in [9.17, 15) is 19.3 Å². The summed E-state index contributed by atoms with van der Waals surface area (Å²) >= 11 is 0. The molecule has 1 aliphatic rings. The van der Waals surface area contributed by atoms with Crippen LogP contribution in [0.2, 0.25) is 0 Å². The third-order valence-corrected chi connectivity index (χ3v) is 4.25. The van der Waals surface area contributed by atoms with Crippen LogP contribution in [0.15, 0.2) is 36.4 Å². The second-order valence-electron chi connectivity index (χ2n) is 5.99. The Bertz CT molecular complexity index is 847. The van der Waals surface area contributed by atoms with Crippen LogP contribution in [0.3, 0.4) is 0 Å². The van der Waals surface area contributed by atoms with Crippen LogP contribution in [0, 0.1) is 15.9 Å². The molecule has 0 saturated heterocycles. The highest BCUT2D eigenvalue weighted by molar-refractivity contribution is 5.91. The summed E-state index contributed by atoms with van der Waals surface area (Å²) in [6.45, 7) is 1.54. The van der Waals surface area contributed by atoms with Gasteiger partial charge in [0.1, 0.15) is 11.5 Å². The standard InChI is InChI=1S/C18H19FN4O3.ClH/c19-18-13-7-9-20-11-12(13)5-6-15(18)22-17(24)8-10-21-14-3-1-2-4-16(14)23(25)26;/h1-6,20-21H,7-11H2,(H,22,24);1H. The summed E-state index contributed by atoms with van der Waals surface area (Å²) in [5.74, 6) is -0.743. The van der Waals surface area contributed by atoms with Crippen LogP contribution in [0.5, 0.6) is 0 Å². The lowest BCUT2D eigenvalue weighted by Gasteiger charge is -2.19. The highest BCUT2D eigenvalue weighted by Crippen LogP contribution is 2.25. The van der Waals surface area contributed by atoms with Crippen LogP contribution in [0.25, 0.3) is 0 Å². The van der Waals surface area contributed by atoms with E-state index < -0.39 is 4.92 Å². The molecule has 2 aromatic rings. The van der Waals surface area contributed by atoms with Crippen LogP contribution >= 0.6 is 12.4 Å². The van der Waals surface area contributed by atoms with Gasteiger partial charge in [0.2, 0.25) is 5.91 Å². The van der Waals surface area contributed by atoms with E-state index in [1.807, 2.05) is 6.07 Å². The van der Waals surface area contributed by atoms with Gasteiger partial charge in [0, 0.05) is 25.6 Å². The van der Waals surface area contributed by atoms with E-state index in [-0.39, 0.29) is 48.5 Å².